The van der Waals surface area contributed by atoms with Gasteiger partial charge in [0.2, 0.25) is 0 Å². The van der Waals surface area contributed by atoms with Crippen LogP contribution in [0, 0.1) is 13.8 Å². The number of hydrogen-bond acceptors (Lipinski definition) is 3. The molecular formula is C16H26IN3O2. The molecule has 6 heteroatoms. The summed E-state index contributed by atoms with van der Waals surface area (Å²) in [7, 11) is 0. The molecule has 1 aromatic carbocycles. The molecule has 5 nitrogen and oxygen atoms in total. The number of ether oxygens (including phenoxy) is 2. The standard InChI is InChI=1S/C16H25N3O2.HI/c1-12-8-13(2)10-14(9-12)19-16(17)18-5-3-6-21-15-4-7-20-11-15;/h8-10,15H,3-7,11H2,1-2H3,(H3,17,18,19);1H. The highest BCUT2D eigenvalue weighted by molar-refractivity contribution is 14.0. The molecule has 22 heavy (non-hydrogen) atoms. The van der Waals surface area contributed by atoms with E-state index in [1.165, 1.54) is 11.1 Å². The Kier molecular flexibility index (Phi) is 8.74. The van der Waals surface area contributed by atoms with Gasteiger partial charge in [0, 0.05) is 25.4 Å². The van der Waals surface area contributed by atoms with Crippen molar-refractivity contribution >= 4 is 35.6 Å². The number of guanidine groups is 1. The molecule has 1 saturated heterocycles. The van der Waals surface area contributed by atoms with E-state index in [0.717, 1.165) is 31.7 Å². The molecule has 124 valence electrons. The number of anilines is 1. The van der Waals surface area contributed by atoms with Crippen molar-refractivity contribution in [1.82, 2.24) is 0 Å². The molecule has 3 N–H and O–H groups in total. The minimum Gasteiger partial charge on any atom is -0.379 e. The lowest BCUT2D eigenvalue weighted by atomic mass is 10.1. The molecule has 0 aliphatic carbocycles. The second kappa shape index (κ2) is 10.0. The molecule has 1 atom stereocenters. The molecule has 0 amide bonds. The van der Waals surface area contributed by atoms with Crippen LogP contribution in [-0.2, 0) is 9.47 Å². The van der Waals surface area contributed by atoms with Gasteiger partial charge in [0.25, 0.3) is 0 Å². The van der Waals surface area contributed by atoms with Crippen LogP contribution in [-0.4, -0.2) is 38.4 Å². The molecule has 1 fully saturated rings. The van der Waals surface area contributed by atoms with Crippen molar-refractivity contribution in [2.24, 2.45) is 10.7 Å². The summed E-state index contributed by atoms with van der Waals surface area (Å²) in [5, 5.41) is 3.12. The van der Waals surface area contributed by atoms with Crippen LogP contribution in [0.15, 0.2) is 23.2 Å². The summed E-state index contributed by atoms with van der Waals surface area (Å²) in [6.07, 6.45) is 2.13. The van der Waals surface area contributed by atoms with Crippen LogP contribution in [0.1, 0.15) is 24.0 Å². The van der Waals surface area contributed by atoms with Crippen LogP contribution in [0.4, 0.5) is 5.69 Å². The van der Waals surface area contributed by atoms with Gasteiger partial charge in [0.05, 0.1) is 12.7 Å². The summed E-state index contributed by atoms with van der Waals surface area (Å²) in [6.45, 7) is 7.03. The van der Waals surface area contributed by atoms with Gasteiger partial charge in [-0.05, 0) is 49.9 Å². The van der Waals surface area contributed by atoms with E-state index in [0.29, 0.717) is 19.1 Å². The lowest BCUT2D eigenvalue weighted by molar-refractivity contribution is 0.0424. The van der Waals surface area contributed by atoms with Gasteiger partial charge in [-0.1, -0.05) is 6.07 Å². The third kappa shape index (κ3) is 6.93. The average molecular weight is 419 g/mol. The molecule has 1 unspecified atom stereocenters. The largest absolute Gasteiger partial charge is 0.379 e. The van der Waals surface area contributed by atoms with E-state index in [2.05, 4.69) is 42.4 Å². The minimum absolute atomic E-state index is 0. The van der Waals surface area contributed by atoms with Crippen LogP contribution < -0.4 is 11.1 Å². The van der Waals surface area contributed by atoms with E-state index in [1.54, 1.807) is 0 Å². The predicted molar refractivity (Wildman–Crippen MR) is 101 cm³/mol. The van der Waals surface area contributed by atoms with Gasteiger partial charge < -0.3 is 20.5 Å². The van der Waals surface area contributed by atoms with Crippen molar-refractivity contribution in [2.45, 2.75) is 32.8 Å². The Bertz CT molecular complexity index is 468. The molecule has 0 bridgehead atoms. The Morgan fingerprint density at radius 2 is 2.09 bits per heavy atom. The van der Waals surface area contributed by atoms with Crippen molar-refractivity contribution in [3.63, 3.8) is 0 Å². The van der Waals surface area contributed by atoms with Crippen LogP contribution >= 0.6 is 24.0 Å². The maximum Gasteiger partial charge on any atom is 0.193 e. The topological polar surface area (TPSA) is 68.9 Å². The summed E-state index contributed by atoms with van der Waals surface area (Å²) in [5.41, 5.74) is 9.28. The third-order valence-corrected chi connectivity index (χ3v) is 3.32. The zero-order valence-electron chi connectivity index (χ0n) is 13.3. The molecule has 0 aromatic heterocycles. The number of aryl methyl sites for hydroxylation is 2. The minimum atomic E-state index is 0. The van der Waals surface area contributed by atoms with Crippen LogP contribution in [0.5, 0.6) is 0 Å². The smallest absolute Gasteiger partial charge is 0.193 e. The lowest BCUT2D eigenvalue weighted by Gasteiger charge is -2.09. The average Bonchev–Trinajstić information content (AvgIpc) is 2.90. The summed E-state index contributed by atoms with van der Waals surface area (Å²) < 4.78 is 10.9. The van der Waals surface area contributed by atoms with Gasteiger partial charge >= 0.3 is 0 Å². The fourth-order valence-electron chi connectivity index (χ4n) is 2.39. The highest BCUT2D eigenvalue weighted by Crippen LogP contribution is 2.13. The SMILES string of the molecule is Cc1cc(C)cc(NC(N)=NCCCOC2CCOC2)c1.I. The normalized spacial score (nSPS) is 18.1. The van der Waals surface area contributed by atoms with Crippen molar-refractivity contribution < 1.29 is 9.47 Å². The molecule has 1 aliphatic heterocycles. The molecule has 1 aromatic rings. The van der Waals surface area contributed by atoms with Gasteiger partial charge in [-0.15, -0.1) is 24.0 Å². The first kappa shape index (κ1) is 19.2. The molecule has 2 rings (SSSR count). The van der Waals surface area contributed by atoms with Crippen molar-refractivity contribution in [3.8, 4) is 0 Å². The molecule has 1 aliphatic rings. The maximum atomic E-state index is 5.89. The summed E-state index contributed by atoms with van der Waals surface area (Å²) >= 11 is 0. The summed E-state index contributed by atoms with van der Waals surface area (Å²) in [6, 6.07) is 6.24. The zero-order chi connectivity index (χ0) is 15.1. The number of nitrogens with one attached hydrogen (secondary N) is 1. The Morgan fingerprint density at radius 3 is 2.73 bits per heavy atom. The maximum absolute atomic E-state index is 5.89. The highest BCUT2D eigenvalue weighted by Gasteiger charge is 2.15. The lowest BCUT2D eigenvalue weighted by Crippen LogP contribution is -2.23. The van der Waals surface area contributed by atoms with E-state index in [4.69, 9.17) is 15.2 Å². The zero-order valence-corrected chi connectivity index (χ0v) is 15.6. The molecule has 0 saturated carbocycles. The molecule has 0 spiro atoms. The predicted octanol–water partition coefficient (Wildman–Crippen LogP) is 2.84. The van der Waals surface area contributed by atoms with Crippen LogP contribution in [0.3, 0.4) is 0 Å². The van der Waals surface area contributed by atoms with E-state index < -0.39 is 0 Å². The fraction of sp³-hybridized carbons (Fsp3) is 0.562. The number of nitrogens with zero attached hydrogens (tertiary/aromatic N) is 1. The number of halogens is 1. The van der Waals surface area contributed by atoms with Crippen molar-refractivity contribution in [3.05, 3.63) is 29.3 Å². The second-order valence-corrected chi connectivity index (χ2v) is 5.48. The quantitative estimate of drug-likeness (QED) is 0.322. The van der Waals surface area contributed by atoms with E-state index in [9.17, 15) is 0 Å². The van der Waals surface area contributed by atoms with Gasteiger partial charge in [0.15, 0.2) is 5.96 Å². The van der Waals surface area contributed by atoms with Gasteiger partial charge in [-0.2, -0.15) is 0 Å². The molecular weight excluding hydrogens is 393 g/mol. The fourth-order valence-corrected chi connectivity index (χ4v) is 2.39. The Labute approximate surface area is 149 Å². The Morgan fingerprint density at radius 1 is 1.36 bits per heavy atom. The monoisotopic (exact) mass is 419 g/mol. The number of nitrogens with two attached hydrogens (primary N) is 1. The Balaban J connectivity index is 0.00000242. The number of rotatable bonds is 6. The molecule has 0 radical (unpaired) electrons. The van der Waals surface area contributed by atoms with Gasteiger partial charge in [0.1, 0.15) is 0 Å². The number of hydrogen-bond donors (Lipinski definition) is 2. The number of aliphatic imine (C=N–C) groups is 1. The van der Waals surface area contributed by atoms with Gasteiger partial charge in [-0.3, -0.25) is 4.99 Å². The summed E-state index contributed by atoms with van der Waals surface area (Å²) in [5.74, 6) is 0.448. The van der Waals surface area contributed by atoms with E-state index in [-0.39, 0.29) is 30.1 Å². The van der Waals surface area contributed by atoms with Gasteiger partial charge in [-0.25, -0.2) is 0 Å². The van der Waals surface area contributed by atoms with Crippen LogP contribution in [0.25, 0.3) is 0 Å². The van der Waals surface area contributed by atoms with Crippen molar-refractivity contribution in [2.75, 3.05) is 31.7 Å². The first-order valence-corrected chi connectivity index (χ1v) is 7.48. The highest BCUT2D eigenvalue weighted by atomic mass is 127. The van der Waals surface area contributed by atoms with Crippen molar-refractivity contribution in [1.29, 1.82) is 0 Å². The van der Waals surface area contributed by atoms with E-state index >= 15 is 0 Å². The first-order valence-electron chi connectivity index (χ1n) is 7.48. The summed E-state index contributed by atoms with van der Waals surface area (Å²) in [4.78, 5) is 4.31. The Hall–Kier alpha value is -0.860. The third-order valence-electron chi connectivity index (χ3n) is 3.32. The van der Waals surface area contributed by atoms with Crippen LogP contribution in [0.2, 0.25) is 0 Å². The molecule has 1 heterocycles. The number of benzene rings is 1. The second-order valence-electron chi connectivity index (χ2n) is 5.48. The first-order chi connectivity index (χ1) is 10.1. The van der Waals surface area contributed by atoms with E-state index in [1.807, 2.05) is 0 Å².